The van der Waals surface area contributed by atoms with E-state index in [1.165, 1.54) is 0 Å². The molecule has 2 aliphatic rings. The maximum atomic E-state index is 13.2. The zero-order valence-corrected chi connectivity index (χ0v) is 22.0. The van der Waals surface area contributed by atoms with Crippen LogP contribution in [0.15, 0.2) is 16.3 Å². The molecule has 35 heavy (non-hydrogen) atoms. The van der Waals surface area contributed by atoms with Crippen LogP contribution in [0.3, 0.4) is 0 Å². The van der Waals surface area contributed by atoms with Gasteiger partial charge in [0, 0.05) is 19.3 Å². The van der Waals surface area contributed by atoms with E-state index in [-0.39, 0.29) is 29.8 Å². The number of nitrogens with zero attached hydrogens (tertiary/aromatic N) is 1. The number of ether oxygens (including phenoxy) is 2. The van der Waals surface area contributed by atoms with E-state index < -0.39 is 35.6 Å². The summed E-state index contributed by atoms with van der Waals surface area (Å²) in [5.41, 5.74) is -0.107. The van der Waals surface area contributed by atoms with Gasteiger partial charge in [0.1, 0.15) is 23.8 Å². The number of esters is 1. The van der Waals surface area contributed by atoms with Gasteiger partial charge < -0.3 is 24.1 Å². The van der Waals surface area contributed by atoms with Crippen LogP contribution in [0.2, 0.25) is 0 Å². The molecule has 0 amide bonds. The number of aryl methyl sites for hydroxylation is 1. The SMILES string of the molecule is CC(=Cc1coc(C)n1)[C@@H]1C[C@@H]2O[C@]2(C)CCC[C@H](C)[C@H](O)C(C)C(=O)C(C)(C)C(O)CC(=O)O1. The summed E-state index contributed by atoms with van der Waals surface area (Å²) < 4.78 is 17.1. The Bertz CT molecular complexity index is 951. The maximum Gasteiger partial charge on any atom is 0.309 e. The zero-order valence-electron chi connectivity index (χ0n) is 22.0. The number of oxazole rings is 1. The van der Waals surface area contributed by atoms with Crippen molar-refractivity contribution in [2.45, 2.75) is 111 Å². The first-order valence-electron chi connectivity index (χ1n) is 12.6. The summed E-state index contributed by atoms with van der Waals surface area (Å²) in [5, 5.41) is 21.7. The van der Waals surface area contributed by atoms with E-state index >= 15 is 0 Å². The second-order valence-electron chi connectivity index (χ2n) is 11.3. The lowest BCUT2D eigenvalue weighted by molar-refractivity contribution is -0.154. The Balaban J connectivity index is 1.85. The van der Waals surface area contributed by atoms with Crippen molar-refractivity contribution in [1.29, 1.82) is 0 Å². The van der Waals surface area contributed by atoms with Crippen LogP contribution in [0.4, 0.5) is 0 Å². The molecule has 0 bridgehead atoms. The summed E-state index contributed by atoms with van der Waals surface area (Å²) in [6, 6.07) is 0. The van der Waals surface area contributed by atoms with Crippen LogP contribution in [0.5, 0.6) is 0 Å². The van der Waals surface area contributed by atoms with Gasteiger partial charge in [0.15, 0.2) is 5.89 Å². The van der Waals surface area contributed by atoms with Crippen molar-refractivity contribution < 1.29 is 33.7 Å². The van der Waals surface area contributed by atoms with Crippen LogP contribution in [-0.4, -0.2) is 57.0 Å². The first-order chi connectivity index (χ1) is 16.2. The molecule has 0 aromatic carbocycles. The molecule has 196 valence electrons. The predicted molar refractivity (Wildman–Crippen MR) is 130 cm³/mol. The summed E-state index contributed by atoms with van der Waals surface area (Å²) in [4.78, 5) is 30.4. The summed E-state index contributed by atoms with van der Waals surface area (Å²) in [7, 11) is 0. The zero-order chi connectivity index (χ0) is 26.1. The van der Waals surface area contributed by atoms with Crippen LogP contribution in [0.25, 0.3) is 6.08 Å². The molecule has 2 aliphatic heterocycles. The maximum absolute atomic E-state index is 13.2. The molecule has 7 atom stereocenters. The van der Waals surface area contributed by atoms with Crippen LogP contribution < -0.4 is 0 Å². The number of aromatic nitrogens is 1. The van der Waals surface area contributed by atoms with Crippen LogP contribution in [0, 0.1) is 24.2 Å². The number of rotatable bonds is 2. The van der Waals surface area contributed by atoms with Gasteiger partial charge in [-0.3, -0.25) is 9.59 Å². The third kappa shape index (κ3) is 6.40. The lowest BCUT2D eigenvalue weighted by Crippen LogP contribution is -2.45. The van der Waals surface area contributed by atoms with E-state index in [9.17, 15) is 19.8 Å². The monoisotopic (exact) mass is 491 g/mol. The van der Waals surface area contributed by atoms with Crippen molar-refractivity contribution >= 4 is 17.8 Å². The minimum Gasteiger partial charge on any atom is -0.458 e. The van der Waals surface area contributed by atoms with Gasteiger partial charge in [-0.05, 0) is 44.3 Å². The van der Waals surface area contributed by atoms with Gasteiger partial charge in [-0.1, -0.05) is 34.1 Å². The van der Waals surface area contributed by atoms with Crippen molar-refractivity contribution in [3.8, 4) is 0 Å². The molecule has 1 aromatic heterocycles. The van der Waals surface area contributed by atoms with Gasteiger partial charge in [-0.2, -0.15) is 0 Å². The quantitative estimate of drug-likeness (QED) is 0.470. The second kappa shape index (κ2) is 10.5. The Kier molecular flexibility index (Phi) is 8.29. The molecular weight excluding hydrogens is 450 g/mol. The van der Waals surface area contributed by atoms with Gasteiger partial charge in [0.2, 0.25) is 0 Å². The molecule has 8 heteroatoms. The van der Waals surface area contributed by atoms with Gasteiger partial charge >= 0.3 is 5.97 Å². The number of Topliss-reactive ketones (excluding diaryl/α,β-unsaturated/α-hetero) is 1. The van der Waals surface area contributed by atoms with Gasteiger partial charge in [-0.25, -0.2) is 4.98 Å². The topological polar surface area (TPSA) is 122 Å². The number of carbonyl (C=O) groups is 2. The van der Waals surface area contributed by atoms with E-state index in [0.717, 1.165) is 24.8 Å². The van der Waals surface area contributed by atoms with E-state index in [1.54, 1.807) is 34.0 Å². The molecule has 3 rings (SSSR count). The van der Waals surface area contributed by atoms with Crippen molar-refractivity contribution in [1.82, 2.24) is 4.98 Å². The van der Waals surface area contributed by atoms with E-state index in [4.69, 9.17) is 13.9 Å². The Morgan fingerprint density at radius 2 is 1.89 bits per heavy atom. The van der Waals surface area contributed by atoms with Crippen LogP contribution in [-0.2, 0) is 19.1 Å². The average Bonchev–Trinajstić information content (AvgIpc) is 3.22. The molecule has 3 heterocycles. The van der Waals surface area contributed by atoms with Gasteiger partial charge in [-0.15, -0.1) is 0 Å². The van der Waals surface area contributed by atoms with Crippen molar-refractivity contribution in [3.63, 3.8) is 0 Å². The number of epoxide rings is 1. The Hall–Kier alpha value is -2.03. The average molecular weight is 492 g/mol. The predicted octanol–water partition coefficient (Wildman–Crippen LogP) is 4.01. The lowest BCUT2D eigenvalue weighted by atomic mass is 9.73. The summed E-state index contributed by atoms with van der Waals surface area (Å²) in [5.74, 6) is -1.06. The van der Waals surface area contributed by atoms with Crippen LogP contribution >= 0.6 is 0 Å². The van der Waals surface area contributed by atoms with E-state index in [2.05, 4.69) is 11.9 Å². The highest BCUT2D eigenvalue weighted by atomic mass is 16.6. The van der Waals surface area contributed by atoms with E-state index in [1.807, 2.05) is 19.9 Å². The fourth-order valence-electron chi connectivity index (χ4n) is 5.07. The Morgan fingerprint density at radius 3 is 2.51 bits per heavy atom. The Labute approximate surface area is 208 Å². The molecule has 0 aliphatic carbocycles. The highest BCUT2D eigenvalue weighted by Gasteiger charge is 2.53. The third-order valence-corrected chi connectivity index (χ3v) is 7.93. The summed E-state index contributed by atoms with van der Waals surface area (Å²) >= 11 is 0. The number of carbonyl (C=O) groups excluding carboxylic acids is 2. The number of ketones is 1. The summed E-state index contributed by atoms with van der Waals surface area (Å²) in [6.07, 6.45) is 3.23. The van der Waals surface area contributed by atoms with E-state index in [0.29, 0.717) is 18.0 Å². The molecule has 2 unspecified atom stereocenters. The fourth-order valence-corrected chi connectivity index (χ4v) is 5.07. The standard InChI is InChI=1S/C27H41NO7/c1-15-9-8-10-27(7)22(35-27)12-20(16(2)11-19-14-33-18(4)28-19)34-23(30)13-21(29)26(5,6)25(32)17(3)24(15)31/h11,14-15,17,20-22,24,29,31H,8-10,12-13H2,1-7H3/t15-,17?,20-,21?,22-,24-,27+/m0/s1. The lowest BCUT2D eigenvalue weighted by Gasteiger charge is -2.34. The minimum atomic E-state index is -1.24. The van der Waals surface area contributed by atoms with Crippen molar-refractivity contribution in [2.24, 2.45) is 17.3 Å². The number of cyclic esters (lactones) is 1. The molecule has 2 saturated heterocycles. The van der Waals surface area contributed by atoms with Gasteiger partial charge in [0.05, 0.1) is 35.7 Å². The highest BCUT2D eigenvalue weighted by Crippen LogP contribution is 2.45. The second-order valence-corrected chi connectivity index (χ2v) is 11.3. The minimum absolute atomic E-state index is 0.0716. The van der Waals surface area contributed by atoms with Crippen molar-refractivity contribution in [3.05, 3.63) is 23.4 Å². The number of fused-ring (bicyclic) bond motifs is 1. The molecular formula is C27H41NO7. The fraction of sp³-hybridized carbons (Fsp3) is 0.741. The summed E-state index contributed by atoms with van der Waals surface area (Å²) in [6.45, 7) is 12.5. The number of hydrogen-bond acceptors (Lipinski definition) is 8. The molecule has 0 spiro atoms. The molecule has 0 radical (unpaired) electrons. The molecule has 0 saturated carbocycles. The number of aliphatic hydroxyl groups excluding tert-OH is 2. The first-order valence-corrected chi connectivity index (χ1v) is 12.6. The molecule has 1 aromatic rings. The molecule has 8 nitrogen and oxygen atoms in total. The molecule has 2 N–H and O–H groups in total. The Morgan fingerprint density at radius 1 is 1.20 bits per heavy atom. The largest absolute Gasteiger partial charge is 0.458 e. The van der Waals surface area contributed by atoms with Gasteiger partial charge in [0.25, 0.3) is 0 Å². The first kappa shape index (κ1) is 27.6. The number of aliphatic hydroxyl groups is 2. The number of hydrogen-bond donors (Lipinski definition) is 2. The highest BCUT2D eigenvalue weighted by molar-refractivity contribution is 5.88. The van der Waals surface area contributed by atoms with Crippen LogP contribution in [0.1, 0.15) is 85.2 Å². The third-order valence-electron chi connectivity index (χ3n) is 7.93. The van der Waals surface area contributed by atoms with Crippen molar-refractivity contribution in [2.75, 3.05) is 0 Å². The smallest absolute Gasteiger partial charge is 0.309 e. The normalized spacial score (nSPS) is 37.5. The molecule has 2 fully saturated rings.